The molecular formula is C13H16N4O. The van der Waals surface area contributed by atoms with Crippen LogP contribution in [-0.2, 0) is 7.05 Å². The molecule has 5 heteroatoms. The molecule has 0 spiro atoms. The molecule has 0 saturated carbocycles. The third-order valence-electron chi connectivity index (χ3n) is 2.78. The summed E-state index contributed by atoms with van der Waals surface area (Å²) in [4.78, 5) is 12.0. The van der Waals surface area contributed by atoms with Crippen molar-refractivity contribution in [1.82, 2.24) is 9.78 Å². The lowest BCUT2D eigenvalue weighted by Crippen LogP contribution is -2.14. The van der Waals surface area contributed by atoms with E-state index in [1.165, 1.54) is 0 Å². The molecular weight excluding hydrogens is 228 g/mol. The average molecular weight is 244 g/mol. The Hall–Kier alpha value is -2.30. The summed E-state index contributed by atoms with van der Waals surface area (Å²) in [5.41, 5.74) is 8.74. The monoisotopic (exact) mass is 244 g/mol. The number of amides is 1. The van der Waals surface area contributed by atoms with Gasteiger partial charge in [-0.2, -0.15) is 5.10 Å². The van der Waals surface area contributed by atoms with Gasteiger partial charge in [0.25, 0.3) is 5.91 Å². The Morgan fingerprint density at radius 2 is 2.06 bits per heavy atom. The minimum absolute atomic E-state index is 0.166. The van der Waals surface area contributed by atoms with E-state index in [1.807, 2.05) is 19.9 Å². The first-order valence-electron chi connectivity index (χ1n) is 5.65. The fourth-order valence-electron chi connectivity index (χ4n) is 1.73. The van der Waals surface area contributed by atoms with Crippen molar-refractivity contribution in [2.24, 2.45) is 7.05 Å². The molecule has 94 valence electrons. The fourth-order valence-corrected chi connectivity index (χ4v) is 1.73. The van der Waals surface area contributed by atoms with E-state index in [2.05, 4.69) is 10.4 Å². The Kier molecular flexibility index (Phi) is 3.06. The van der Waals surface area contributed by atoms with Gasteiger partial charge in [-0.1, -0.05) is 0 Å². The summed E-state index contributed by atoms with van der Waals surface area (Å²) in [6.45, 7) is 3.75. The normalized spacial score (nSPS) is 10.4. The van der Waals surface area contributed by atoms with Gasteiger partial charge in [0.2, 0.25) is 0 Å². The van der Waals surface area contributed by atoms with Gasteiger partial charge in [-0.25, -0.2) is 0 Å². The molecule has 0 bridgehead atoms. The fraction of sp³-hybridized carbons (Fsp3) is 0.231. The predicted octanol–water partition coefficient (Wildman–Crippen LogP) is 1.87. The van der Waals surface area contributed by atoms with Crippen molar-refractivity contribution >= 4 is 17.4 Å². The number of hydrogen-bond donors (Lipinski definition) is 2. The lowest BCUT2D eigenvalue weighted by Gasteiger charge is -2.07. The number of hydrogen-bond acceptors (Lipinski definition) is 3. The van der Waals surface area contributed by atoms with Crippen LogP contribution in [-0.4, -0.2) is 15.7 Å². The highest BCUT2D eigenvalue weighted by Gasteiger charge is 2.10. The van der Waals surface area contributed by atoms with Crippen LogP contribution in [0.4, 0.5) is 11.5 Å². The molecule has 0 aliphatic rings. The minimum Gasteiger partial charge on any atom is -0.399 e. The smallest absolute Gasteiger partial charge is 0.256 e. The predicted molar refractivity (Wildman–Crippen MR) is 71.5 cm³/mol. The zero-order valence-electron chi connectivity index (χ0n) is 10.7. The molecule has 5 nitrogen and oxygen atoms in total. The first-order valence-corrected chi connectivity index (χ1v) is 5.65. The lowest BCUT2D eigenvalue weighted by atomic mass is 10.1. The van der Waals surface area contributed by atoms with Crippen molar-refractivity contribution in [3.05, 3.63) is 41.1 Å². The van der Waals surface area contributed by atoms with Gasteiger partial charge in [-0.15, -0.1) is 0 Å². The first-order chi connectivity index (χ1) is 8.47. The van der Waals surface area contributed by atoms with E-state index in [4.69, 9.17) is 5.73 Å². The van der Waals surface area contributed by atoms with Gasteiger partial charge in [0.1, 0.15) is 5.82 Å². The Morgan fingerprint density at radius 3 is 2.61 bits per heavy atom. The highest BCUT2D eigenvalue weighted by Crippen LogP contribution is 2.15. The number of nitrogens with one attached hydrogen (secondary N) is 1. The third-order valence-corrected chi connectivity index (χ3v) is 2.78. The number of benzene rings is 1. The third kappa shape index (κ3) is 2.34. The molecule has 1 heterocycles. The van der Waals surface area contributed by atoms with Gasteiger partial charge in [0.05, 0.1) is 5.69 Å². The van der Waals surface area contributed by atoms with E-state index in [9.17, 15) is 4.79 Å². The van der Waals surface area contributed by atoms with E-state index >= 15 is 0 Å². The number of nitrogens with zero attached hydrogens (tertiary/aromatic N) is 2. The number of carbonyl (C=O) groups excluding carboxylic acids is 1. The summed E-state index contributed by atoms with van der Waals surface area (Å²) >= 11 is 0. The van der Waals surface area contributed by atoms with E-state index in [0.717, 1.165) is 11.3 Å². The average Bonchev–Trinajstić information content (AvgIpc) is 2.61. The van der Waals surface area contributed by atoms with E-state index in [1.54, 1.807) is 29.9 Å². The molecule has 0 fully saturated rings. The van der Waals surface area contributed by atoms with Gasteiger partial charge >= 0.3 is 0 Å². The summed E-state index contributed by atoms with van der Waals surface area (Å²) in [7, 11) is 1.79. The van der Waals surface area contributed by atoms with Crippen LogP contribution in [0.3, 0.4) is 0 Å². The van der Waals surface area contributed by atoms with Crippen molar-refractivity contribution in [1.29, 1.82) is 0 Å². The van der Waals surface area contributed by atoms with Crippen molar-refractivity contribution in [2.75, 3.05) is 11.1 Å². The molecule has 3 N–H and O–H groups in total. The second-order valence-electron chi connectivity index (χ2n) is 4.32. The number of nitrogen functional groups attached to an aromatic ring is 1. The Bertz CT molecular complexity index is 601. The summed E-state index contributed by atoms with van der Waals surface area (Å²) in [5, 5.41) is 6.99. The molecule has 1 aromatic carbocycles. The van der Waals surface area contributed by atoms with Gasteiger partial charge < -0.3 is 11.1 Å². The maximum Gasteiger partial charge on any atom is 0.256 e. The van der Waals surface area contributed by atoms with Gasteiger partial charge in [0.15, 0.2) is 0 Å². The molecule has 1 amide bonds. The van der Waals surface area contributed by atoms with E-state index < -0.39 is 0 Å². The second-order valence-corrected chi connectivity index (χ2v) is 4.32. The van der Waals surface area contributed by atoms with Crippen LogP contribution in [0.2, 0.25) is 0 Å². The maximum atomic E-state index is 12.0. The van der Waals surface area contributed by atoms with Crippen molar-refractivity contribution in [3.63, 3.8) is 0 Å². The highest BCUT2D eigenvalue weighted by molar-refractivity contribution is 6.04. The number of rotatable bonds is 2. The molecule has 1 aromatic heterocycles. The highest BCUT2D eigenvalue weighted by atomic mass is 16.1. The van der Waals surface area contributed by atoms with Gasteiger partial charge in [-0.3, -0.25) is 9.48 Å². The largest absolute Gasteiger partial charge is 0.399 e. The number of carbonyl (C=O) groups is 1. The number of aromatic nitrogens is 2. The van der Waals surface area contributed by atoms with Crippen molar-refractivity contribution in [3.8, 4) is 0 Å². The molecule has 0 aliphatic heterocycles. The van der Waals surface area contributed by atoms with Crippen LogP contribution < -0.4 is 11.1 Å². The topological polar surface area (TPSA) is 72.9 Å². The van der Waals surface area contributed by atoms with Crippen LogP contribution in [0.15, 0.2) is 24.3 Å². The zero-order chi connectivity index (χ0) is 13.3. The minimum atomic E-state index is -0.166. The Labute approximate surface area is 106 Å². The van der Waals surface area contributed by atoms with E-state index in [0.29, 0.717) is 17.1 Å². The quantitative estimate of drug-likeness (QED) is 0.792. The SMILES string of the molecule is Cc1cc(NC(=O)c2ccc(N)c(C)c2)n(C)n1. The molecule has 0 aliphatic carbocycles. The molecule has 0 unspecified atom stereocenters. The van der Waals surface area contributed by atoms with Crippen LogP contribution in [0.5, 0.6) is 0 Å². The molecule has 0 saturated heterocycles. The summed E-state index contributed by atoms with van der Waals surface area (Å²) in [6.07, 6.45) is 0. The van der Waals surface area contributed by atoms with Crippen LogP contribution in [0.25, 0.3) is 0 Å². The molecule has 0 atom stereocenters. The number of nitrogens with two attached hydrogens (primary N) is 1. The first kappa shape index (κ1) is 12.2. The standard InChI is InChI=1S/C13H16N4O/c1-8-6-10(4-5-11(8)14)13(18)15-12-7-9(2)16-17(12)3/h4-7H,14H2,1-3H3,(H,15,18). The van der Waals surface area contributed by atoms with Crippen LogP contribution >= 0.6 is 0 Å². The van der Waals surface area contributed by atoms with Crippen LogP contribution in [0, 0.1) is 13.8 Å². The van der Waals surface area contributed by atoms with E-state index in [-0.39, 0.29) is 5.91 Å². The molecule has 18 heavy (non-hydrogen) atoms. The van der Waals surface area contributed by atoms with Crippen molar-refractivity contribution < 1.29 is 4.79 Å². The van der Waals surface area contributed by atoms with Crippen LogP contribution in [0.1, 0.15) is 21.6 Å². The molecule has 0 radical (unpaired) electrons. The zero-order valence-corrected chi connectivity index (χ0v) is 10.7. The summed E-state index contributed by atoms with van der Waals surface area (Å²) in [6, 6.07) is 7.04. The maximum absolute atomic E-state index is 12.0. The molecule has 2 rings (SSSR count). The second kappa shape index (κ2) is 4.52. The summed E-state index contributed by atoms with van der Waals surface area (Å²) < 4.78 is 1.64. The summed E-state index contributed by atoms with van der Waals surface area (Å²) in [5.74, 6) is 0.507. The van der Waals surface area contributed by atoms with Crippen molar-refractivity contribution in [2.45, 2.75) is 13.8 Å². The van der Waals surface area contributed by atoms with Gasteiger partial charge in [-0.05, 0) is 37.6 Å². The number of anilines is 2. The lowest BCUT2D eigenvalue weighted by molar-refractivity contribution is 0.102. The Balaban J connectivity index is 2.22. The van der Waals surface area contributed by atoms with Gasteiger partial charge in [0, 0.05) is 24.4 Å². The number of aryl methyl sites for hydroxylation is 3. The Morgan fingerprint density at radius 1 is 1.33 bits per heavy atom. The molecule has 2 aromatic rings.